The fourth-order valence-corrected chi connectivity index (χ4v) is 4.39. The minimum atomic E-state index is -0.630. The molecule has 0 aliphatic heterocycles. The molecule has 1 nitrogen and oxygen atoms in total. The summed E-state index contributed by atoms with van der Waals surface area (Å²) in [4.78, 5) is 1.45. The zero-order valence-corrected chi connectivity index (χ0v) is 22.1. The molecule has 0 aromatic heterocycles. The molecule has 0 unspecified atom stereocenters. The maximum Gasteiger partial charge on any atom is 1.00 e. The molecule has 0 fully saturated rings. The molecule has 0 saturated carbocycles. The average molecular weight is 419 g/mol. The van der Waals surface area contributed by atoms with Gasteiger partial charge in [-0.25, -0.2) is 10.0 Å². The van der Waals surface area contributed by atoms with Crippen LogP contribution >= 0.6 is 21.8 Å². The molecule has 0 saturated heterocycles. The van der Waals surface area contributed by atoms with Crippen LogP contribution < -0.4 is 56.5 Å². The number of hydrogen-bond donors (Lipinski definition) is 0. The Balaban J connectivity index is 0.00000625. The summed E-state index contributed by atoms with van der Waals surface area (Å²) in [5.74, 6) is 8.88. The third-order valence-corrected chi connectivity index (χ3v) is 6.91. The van der Waals surface area contributed by atoms with E-state index in [4.69, 9.17) is 0 Å². The van der Waals surface area contributed by atoms with E-state index >= 15 is 0 Å². The van der Waals surface area contributed by atoms with E-state index in [1.165, 1.54) is 49.2 Å². The molecule has 142 valence electrons. The van der Waals surface area contributed by atoms with Gasteiger partial charge in [0.1, 0.15) is 0 Å². The van der Waals surface area contributed by atoms with Crippen molar-refractivity contribution in [2.24, 2.45) is 0 Å². The van der Waals surface area contributed by atoms with E-state index in [9.17, 15) is 5.11 Å². The summed E-state index contributed by atoms with van der Waals surface area (Å²) in [6.45, 7) is 0.0824. The summed E-state index contributed by atoms with van der Waals surface area (Å²) in [7, 11) is -0.630. The third kappa shape index (κ3) is 14.1. The van der Waals surface area contributed by atoms with Crippen molar-refractivity contribution in [2.45, 2.75) is 56.3 Å². The Morgan fingerprint density at radius 3 is 2.04 bits per heavy atom. The van der Waals surface area contributed by atoms with E-state index in [0.717, 1.165) is 24.2 Å². The van der Waals surface area contributed by atoms with Gasteiger partial charge < -0.3 is 5.11 Å². The number of thioether (sulfide) groups is 1. The number of benzene rings is 1. The van der Waals surface area contributed by atoms with E-state index in [1.54, 1.807) is 0 Å². The monoisotopic (exact) mass is 418 g/mol. The zero-order chi connectivity index (χ0) is 18.4. The van der Waals surface area contributed by atoms with E-state index in [1.807, 2.05) is 11.8 Å². The topological polar surface area (TPSA) is 23.1 Å². The van der Waals surface area contributed by atoms with Crippen molar-refractivity contribution >= 4 is 21.8 Å². The fraction of sp³-hybridized carbons (Fsp3) is 0.636. The van der Waals surface area contributed by atoms with Gasteiger partial charge in [0.2, 0.25) is 0 Å². The van der Waals surface area contributed by atoms with E-state index in [-0.39, 0.29) is 58.0 Å². The molecule has 0 heterocycles. The fourth-order valence-electron chi connectivity index (χ4n) is 2.50. The van der Waals surface area contributed by atoms with Crippen molar-refractivity contribution in [2.75, 3.05) is 36.9 Å². The average Bonchev–Trinajstić information content (AvgIpc) is 2.58. The first-order valence-electron chi connectivity index (χ1n) is 9.47. The molecule has 1 aromatic rings. The predicted octanol–water partition coefficient (Wildman–Crippen LogP) is 2.31. The van der Waals surface area contributed by atoms with E-state index < -0.39 is 10.0 Å². The van der Waals surface area contributed by atoms with Crippen LogP contribution in [0.2, 0.25) is 0 Å². The molecule has 0 amide bonds. The van der Waals surface area contributed by atoms with Gasteiger partial charge in [-0.2, -0.15) is 11.8 Å². The van der Waals surface area contributed by atoms with Gasteiger partial charge in [0.15, 0.2) is 0 Å². The second kappa shape index (κ2) is 17.0. The predicted molar refractivity (Wildman–Crippen MR) is 116 cm³/mol. The molecule has 0 aliphatic carbocycles. The van der Waals surface area contributed by atoms with Gasteiger partial charge in [0.25, 0.3) is 0 Å². The normalized spacial score (nSPS) is 11.4. The van der Waals surface area contributed by atoms with Crippen LogP contribution in [0.5, 0.6) is 0 Å². The van der Waals surface area contributed by atoms with Crippen molar-refractivity contribution in [1.82, 2.24) is 0 Å². The van der Waals surface area contributed by atoms with Gasteiger partial charge in [-0.05, 0) is 72.3 Å². The Labute approximate surface area is 210 Å². The summed E-state index contributed by atoms with van der Waals surface area (Å²) in [5, 5.41) is 10.3. The summed E-state index contributed by atoms with van der Waals surface area (Å²) >= 11 is 1.94. The summed E-state index contributed by atoms with van der Waals surface area (Å²) < 4.78 is 0. The molecule has 4 heteroatoms. The summed E-state index contributed by atoms with van der Waals surface area (Å²) in [5.41, 5.74) is 1.14. The molecule has 0 N–H and O–H groups in total. The number of rotatable bonds is 12. The van der Waals surface area contributed by atoms with Crippen molar-refractivity contribution in [3.8, 4) is 11.8 Å². The van der Waals surface area contributed by atoms with Gasteiger partial charge in [-0.3, -0.25) is 0 Å². The number of hydrogen-bond acceptors (Lipinski definition) is 2. The van der Waals surface area contributed by atoms with Gasteiger partial charge in [0.05, 0.1) is 0 Å². The molecular formula is C22H35KOS2. The maximum absolute atomic E-state index is 10.3. The Morgan fingerprint density at radius 2 is 1.42 bits per heavy atom. The summed E-state index contributed by atoms with van der Waals surface area (Å²) in [6.07, 6.45) is 16.6. The van der Waals surface area contributed by atoms with Crippen LogP contribution in [-0.2, 0) is 0 Å². The van der Waals surface area contributed by atoms with Crippen LogP contribution in [-0.4, -0.2) is 36.9 Å². The van der Waals surface area contributed by atoms with Crippen molar-refractivity contribution in [3.05, 3.63) is 29.8 Å². The van der Waals surface area contributed by atoms with E-state index in [2.05, 4.69) is 54.9 Å². The van der Waals surface area contributed by atoms with Crippen molar-refractivity contribution in [1.29, 1.82) is 0 Å². The molecule has 0 radical (unpaired) electrons. The third-order valence-electron chi connectivity index (χ3n) is 4.07. The summed E-state index contributed by atoms with van der Waals surface area (Å²) in [6, 6.07) is 8.79. The quantitative estimate of drug-likeness (QED) is 0.295. The minimum Gasteiger partial charge on any atom is -0.854 e. The van der Waals surface area contributed by atoms with Crippen LogP contribution in [0.4, 0.5) is 0 Å². The van der Waals surface area contributed by atoms with Crippen LogP contribution in [0, 0.1) is 11.8 Å². The standard InChI is InChI=1S/C22H35OS2.K/c1-25(2,3)22-16-14-21(15-17-22)13-10-8-6-4-5-7-9-11-19-24-20-12-18-23;/h14-17H,4-9,11-12,18-20H2,1-3H3;/q-1;+1. The van der Waals surface area contributed by atoms with Gasteiger partial charge in [0, 0.05) is 12.0 Å². The first-order valence-corrected chi connectivity index (χ1v) is 13.5. The second-order valence-corrected chi connectivity index (χ2v) is 12.6. The Bertz CT molecular complexity index is 512. The molecule has 26 heavy (non-hydrogen) atoms. The minimum absolute atomic E-state index is 0. The van der Waals surface area contributed by atoms with Crippen molar-refractivity contribution < 1.29 is 56.5 Å². The second-order valence-electron chi connectivity index (χ2n) is 7.20. The molecule has 0 bridgehead atoms. The van der Waals surface area contributed by atoms with Crippen molar-refractivity contribution in [3.63, 3.8) is 0 Å². The van der Waals surface area contributed by atoms with Crippen LogP contribution in [0.1, 0.15) is 56.9 Å². The van der Waals surface area contributed by atoms with Gasteiger partial charge in [-0.1, -0.05) is 43.9 Å². The molecular weight excluding hydrogens is 383 g/mol. The molecule has 0 aliphatic rings. The first kappa shape index (κ1) is 27.1. The maximum atomic E-state index is 10.3. The van der Waals surface area contributed by atoms with Crippen LogP contribution in [0.25, 0.3) is 0 Å². The number of unbranched alkanes of at least 4 members (excludes halogenated alkanes) is 6. The van der Waals surface area contributed by atoms with E-state index in [0.29, 0.717) is 0 Å². The first-order chi connectivity index (χ1) is 12.0. The SMILES string of the molecule is CS(C)(C)c1ccc(C#CCCCCCCCCSCCC[O-])cc1.[K+]. The largest absolute Gasteiger partial charge is 1.00 e. The van der Waals surface area contributed by atoms with Gasteiger partial charge >= 0.3 is 51.4 Å². The smallest absolute Gasteiger partial charge is 0.854 e. The molecule has 0 spiro atoms. The molecule has 1 rings (SSSR count). The zero-order valence-electron chi connectivity index (χ0n) is 17.3. The van der Waals surface area contributed by atoms with Crippen LogP contribution in [0.15, 0.2) is 29.2 Å². The Morgan fingerprint density at radius 1 is 0.846 bits per heavy atom. The Hall–Kier alpha value is 1.08. The van der Waals surface area contributed by atoms with Gasteiger partial charge in [-0.15, -0.1) is 6.61 Å². The molecule has 0 atom stereocenters. The Kier molecular flexibility index (Phi) is 17.7. The molecule has 1 aromatic carbocycles. The van der Waals surface area contributed by atoms with Crippen LogP contribution in [0.3, 0.4) is 0 Å².